The van der Waals surface area contributed by atoms with Crippen LogP contribution in [0.3, 0.4) is 0 Å². The number of fused-ring (bicyclic) bond motifs is 12. The molecule has 0 saturated carbocycles. The van der Waals surface area contributed by atoms with Crippen LogP contribution in [0.1, 0.15) is 25.0 Å². The van der Waals surface area contributed by atoms with Crippen LogP contribution >= 0.6 is 0 Å². The Hall–Kier alpha value is -6.96. The van der Waals surface area contributed by atoms with Gasteiger partial charge in [0.1, 0.15) is 11.2 Å². The summed E-state index contributed by atoms with van der Waals surface area (Å²) in [6.07, 6.45) is 0. The van der Waals surface area contributed by atoms with Gasteiger partial charge in [0.05, 0.1) is 0 Å². The molecule has 1 aliphatic rings. The van der Waals surface area contributed by atoms with Crippen molar-refractivity contribution in [2.75, 3.05) is 0 Å². The van der Waals surface area contributed by atoms with Gasteiger partial charge in [-0.3, -0.25) is 0 Å². The fraction of sp³-hybridized carbons (Fsp3) is 0.0545. The molecule has 0 amide bonds. The van der Waals surface area contributed by atoms with E-state index in [1.807, 2.05) is 6.07 Å². The Morgan fingerprint density at radius 1 is 0.339 bits per heavy atom. The van der Waals surface area contributed by atoms with E-state index in [4.69, 9.17) is 4.42 Å². The second-order valence-electron chi connectivity index (χ2n) is 16.0. The minimum absolute atomic E-state index is 0.118. The van der Waals surface area contributed by atoms with Crippen molar-refractivity contribution in [3.63, 3.8) is 0 Å². The molecule has 0 saturated heterocycles. The third-order valence-corrected chi connectivity index (χ3v) is 12.6. The van der Waals surface area contributed by atoms with Gasteiger partial charge in [0.15, 0.2) is 0 Å². The summed E-state index contributed by atoms with van der Waals surface area (Å²) in [6, 6.07) is 67.2. The molecule has 1 heterocycles. The van der Waals surface area contributed by atoms with Gasteiger partial charge in [-0.25, -0.2) is 0 Å². The molecular weight excluding hydrogens is 677 g/mol. The molecule has 56 heavy (non-hydrogen) atoms. The first-order valence-corrected chi connectivity index (χ1v) is 19.6. The number of hydrogen-bond acceptors (Lipinski definition) is 1. The Bertz CT molecular complexity index is 3390. The highest BCUT2D eigenvalue weighted by atomic mass is 16.3. The molecule has 0 radical (unpaired) electrons. The second kappa shape index (κ2) is 11.5. The molecule has 0 spiro atoms. The van der Waals surface area contributed by atoms with E-state index in [-0.39, 0.29) is 5.41 Å². The summed E-state index contributed by atoms with van der Waals surface area (Å²) in [4.78, 5) is 0. The number of benzene rings is 10. The van der Waals surface area contributed by atoms with Gasteiger partial charge < -0.3 is 4.42 Å². The van der Waals surface area contributed by atoms with Crippen LogP contribution in [-0.2, 0) is 5.41 Å². The quantitative estimate of drug-likeness (QED) is 0.166. The van der Waals surface area contributed by atoms with E-state index in [1.54, 1.807) is 0 Å². The van der Waals surface area contributed by atoms with Gasteiger partial charge in [0, 0.05) is 21.6 Å². The normalized spacial score (nSPS) is 13.3. The maximum atomic E-state index is 6.52. The summed E-state index contributed by atoms with van der Waals surface area (Å²) in [5.74, 6) is 0. The third kappa shape index (κ3) is 4.37. The molecule has 10 aromatic carbocycles. The molecule has 1 aromatic heterocycles. The molecule has 262 valence electrons. The van der Waals surface area contributed by atoms with E-state index in [0.29, 0.717) is 0 Å². The van der Waals surface area contributed by atoms with Crippen molar-refractivity contribution in [3.8, 4) is 44.5 Å². The van der Waals surface area contributed by atoms with Gasteiger partial charge in [-0.15, -0.1) is 0 Å². The van der Waals surface area contributed by atoms with Crippen molar-refractivity contribution in [2.45, 2.75) is 19.3 Å². The minimum atomic E-state index is -0.118. The third-order valence-electron chi connectivity index (χ3n) is 12.6. The zero-order chi connectivity index (χ0) is 37.1. The van der Waals surface area contributed by atoms with Crippen molar-refractivity contribution in [1.82, 2.24) is 0 Å². The lowest BCUT2D eigenvalue weighted by Gasteiger charge is -2.21. The van der Waals surface area contributed by atoms with Gasteiger partial charge in [-0.05, 0) is 124 Å². The Balaban J connectivity index is 1.04. The zero-order valence-corrected chi connectivity index (χ0v) is 31.2. The van der Waals surface area contributed by atoms with Crippen LogP contribution in [0, 0.1) is 0 Å². The van der Waals surface area contributed by atoms with Gasteiger partial charge in [-0.2, -0.15) is 0 Å². The summed E-state index contributed by atoms with van der Waals surface area (Å²) in [5, 5.41) is 12.3. The number of rotatable bonds is 3. The predicted molar refractivity (Wildman–Crippen MR) is 238 cm³/mol. The summed E-state index contributed by atoms with van der Waals surface area (Å²) < 4.78 is 6.52. The SMILES string of the molecule is CC1(C)c2ccc(-c3cccc(-c4c5ccccc5c(-c5ccc6ccccc6c5)c5ccccc45)c3)cc2-c2c1ccc1c2ccc2c3ccccc3oc12. The molecule has 0 unspecified atom stereocenters. The maximum Gasteiger partial charge on any atom is 0.143 e. The Morgan fingerprint density at radius 3 is 1.61 bits per heavy atom. The molecule has 1 aliphatic carbocycles. The average Bonchev–Trinajstić information content (AvgIpc) is 3.74. The van der Waals surface area contributed by atoms with Crippen molar-refractivity contribution in [1.29, 1.82) is 0 Å². The molecule has 0 atom stereocenters. The van der Waals surface area contributed by atoms with Gasteiger partial charge in [-0.1, -0.05) is 166 Å². The molecule has 0 N–H and O–H groups in total. The molecule has 12 rings (SSSR count). The largest absolute Gasteiger partial charge is 0.455 e. The van der Waals surface area contributed by atoms with Crippen LogP contribution < -0.4 is 0 Å². The van der Waals surface area contributed by atoms with Crippen LogP contribution in [-0.4, -0.2) is 0 Å². The molecule has 0 fully saturated rings. The molecule has 1 nitrogen and oxygen atoms in total. The molecular formula is C55H36O. The van der Waals surface area contributed by atoms with Crippen molar-refractivity contribution >= 4 is 65.0 Å². The highest BCUT2D eigenvalue weighted by Gasteiger charge is 2.37. The summed E-state index contributed by atoms with van der Waals surface area (Å²) in [7, 11) is 0. The van der Waals surface area contributed by atoms with Crippen molar-refractivity contribution in [3.05, 3.63) is 193 Å². The van der Waals surface area contributed by atoms with E-state index in [2.05, 4.69) is 190 Å². The van der Waals surface area contributed by atoms with E-state index in [9.17, 15) is 0 Å². The van der Waals surface area contributed by atoms with E-state index >= 15 is 0 Å². The lowest BCUT2D eigenvalue weighted by Crippen LogP contribution is -2.14. The standard InChI is InChI=1S/C55H36O/c1-55(2)48-28-24-36(32-47(48)53-44-25-26-45-39-16-9-10-21-50(39)56-54(45)46(44)27-29-49(53)55)35-14-11-15-37(31-35)51-40-17-5-7-19-42(40)52(43-20-8-6-18-41(43)51)38-23-22-33-12-3-4-13-34(33)30-38/h3-32H,1-2H3. The fourth-order valence-electron chi connectivity index (χ4n) is 9.97. The molecule has 1 heteroatoms. The first kappa shape index (κ1) is 31.4. The van der Waals surface area contributed by atoms with Crippen LogP contribution in [0.5, 0.6) is 0 Å². The van der Waals surface area contributed by atoms with Gasteiger partial charge >= 0.3 is 0 Å². The van der Waals surface area contributed by atoms with E-state index in [1.165, 1.54) is 104 Å². The predicted octanol–water partition coefficient (Wildman–Crippen LogP) is 15.5. The number of para-hydroxylation sites is 1. The Labute approximate surface area is 325 Å². The zero-order valence-electron chi connectivity index (χ0n) is 31.2. The smallest absolute Gasteiger partial charge is 0.143 e. The monoisotopic (exact) mass is 712 g/mol. The average molecular weight is 713 g/mol. The Kier molecular flexibility index (Phi) is 6.46. The second-order valence-corrected chi connectivity index (χ2v) is 16.0. The maximum absolute atomic E-state index is 6.52. The first-order chi connectivity index (χ1) is 27.5. The molecule has 0 aliphatic heterocycles. The van der Waals surface area contributed by atoms with Crippen LogP contribution in [0.4, 0.5) is 0 Å². The Morgan fingerprint density at radius 2 is 0.857 bits per heavy atom. The fourth-order valence-corrected chi connectivity index (χ4v) is 9.97. The molecule has 0 bridgehead atoms. The lowest BCUT2D eigenvalue weighted by atomic mass is 9.81. The summed E-state index contributed by atoms with van der Waals surface area (Å²) in [6.45, 7) is 4.72. The van der Waals surface area contributed by atoms with Crippen molar-refractivity contribution < 1.29 is 4.42 Å². The minimum Gasteiger partial charge on any atom is -0.455 e. The lowest BCUT2D eigenvalue weighted by molar-refractivity contribution is 0.660. The van der Waals surface area contributed by atoms with Gasteiger partial charge in [0.25, 0.3) is 0 Å². The van der Waals surface area contributed by atoms with Gasteiger partial charge in [0.2, 0.25) is 0 Å². The topological polar surface area (TPSA) is 13.1 Å². The molecule has 11 aromatic rings. The van der Waals surface area contributed by atoms with Crippen LogP contribution in [0.15, 0.2) is 186 Å². The highest BCUT2D eigenvalue weighted by Crippen LogP contribution is 2.53. The summed E-state index contributed by atoms with van der Waals surface area (Å²) in [5.41, 5.74) is 14.6. The van der Waals surface area contributed by atoms with E-state index < -0.39 is 0 Å². The number of furan rings is 1. The van der Waals surface area contributed by atoms with Crippen molar-refractivity contribution in [2.24, 2.45) is 0 Å². The van der Waals surface area contributed by atoms with E-state index in [0.717, 1.165) is 16.6 Å². The number of hydrogen-bond donors (Lipinski definition) is 0. The summed E-state index contributed by atoms with van der Waals surface area (Å²) >= 11 is 0. The van der Waals surface area contributed by atoms with Crippen LogP contribution in [0.25, 0.3) is 110 Å². The van der Waals surface area contributed by atoms with Crippen LogP contribution in [0.2, 0.25) is 0 Å². The highest BCUT2D eigenvalue weighted by molar-refractivity contribution is 6.22. The first-order valence-electron chi connectivity index (χ1n) is 19.6.